The van der Waals surface area contributed by atoms with Crippen molar-refractivity contribution in [3.05, 3.63) is 65.2 Å². The van der Waals surface area contributed by atoms with Crippen molar-refractivity contribution < 1.29 is 14.3 Å². The van der Waals surface area contributed by atoms with Crippen molar-refractivity contribution in [1.82, 2.24) is 0 Å². The summed E-state index contributed by atoms with van der Waals surface area (Å²) in [6.07, 6.45) is 3.40. The highest BCUT2D eigenvalue weighted by Crippen LogP contribution is 2.27. The molecule has 2 aromatic rings. The predicted molar refractivity (Wildman–Crippen MR) is 84.1 cm³/mol. The molecule has 0 atom stereocenters. The molecule has 3 heteroatoms. The number of allylic oxidation sites excluding steroid dienone is 1. The van der Waals surface area contributed by atoms with Gasteiger partial charge in [0.1, 0.15) is 0 Å². The summed E-state index contributed by atoms with van der Waals surface area (Å²) in [6, 6.07) is 13.1. The van der Waals surface area contributed by atoms with Crippen LogP contribution in [0.5, 0.6) is 11.5 Å². The average molecular weight is 282 g/mol. The molecule has 0 saturated heterocycles. The Labute approximate surface area is 124 Å². The van der Waals surface area contributed by atoms with Gasteiger partial charge in [-0.25, -0.2) is 0 Å². The van der Waals surface area contributed by atoms with Gasteiger partial charge in [-0.1, -0.05) is 30.3 Å². The van der Waals surface area contributed by atoms with Gasteiger partial charge in [0.05, 0.1) is 14.2 Å². The summed E-state index contributed by atoms with van der Waals surface area (Å²) in [5.74, 6) is 1.09. The third-order valence-electron chi connectivity index (χ3n) is 3.27. The molecule has 0 N–H and O–H groups in total. The molecule has 2 aromatic carbocycles. The number of ether oxygens (including phenoxy) is 2. The van der Waals surface area contributed by atoms with Gasteiger partial charge >= 0.3 is 0 Å². The Hall–Kier alpha value is -2.55. The molecule has 0 aliphatic heterocycles. The molecule has 21 heavy (non-hydrogen) atoms. The summed E-state index contributed by atoms with van der Waals surface area (Å²) in [5.41, 5.74) is 2.73. The molecule has 0 unspecified atom stereocenters. The van der Waals surface area contributed by atoms with Crippen LogP contribution in [0, 0.1) is 6.92 Å². The highest BCUT2D eigenvalue weighted by molar-refractivity contribution is 6.07. The molecule has 0 saturated carbocycles. The largest absolute Gasteiger partial charge is 0.493 e. The van der Waals surface area contributed by atoms with E-state index < -0.39 is 0 Å². The van der Waals surface area contributed by atoms with Crippen molar-refractivity contribution >= 4 is 11.9 Å². The van der Waals surface area contributed by atoms with E-state index in [9.17, 15) is 4.79 Å². The lowest BCUT2D eigenvalue weighted by Gasteiger charge is -2.08. The molecule has 3 nitrogen and oxygen atoms in total. The van der Waals surface area contributed by atoms with Crippen LogP contribution in [0.2, 0.25) is 0 Å². The fourth-order valence-electron chi connectivity index (χ4n) is 2.02. The van der Waals surface area contributed by atoms with E-state index in [4.69, 9.17) is 9.47 Å². The molecule has 0 aliphatic rings. The molecule has 0 fully saturated rings. The second kappa shape index (κ2) is 6.75. The van der Waals surface area contributed by atoms with Crippen LogP contribution in [-0.4, -0.2) is 20.0 Å². The summed E-state index contributed by atoms with van der Waals surface area (Å²) in [7, 11) is 3.12. The van der Waals surface area contributed by atoms with Crippen LogP contribution < -0.4 is 9.47 Å². The second-order valence-electron chi connectivity index (χ2n) is 4.62. The van der Waals surface area contributed by atoms with Gasteiger partial charge in [0.25, 0.3) is 0 Å². The first-order valence-corrected chi connectivity index (χ1v) is 6.65. The number of rotatable bonds is 5. The third-order valence-corrected chi connectivity index (χ3v) is 3.27. The van der Waals surface area contributed by atoms with E-state index in [1.165, 1.54) is 0 Å². The number of aryl methyl sites for hydroxylation is 1. The quantitative estimate of drug-likeness (QED) is 0.616. The first-order chi connectivity index (χ1) is 10.2. The highest BCUT2D eigenvalue weighted by Gasteiger charge is 2.08. The van der Waals surface area contributed by atoms with Gasteiger partial charge in [0, 0.05) is 5.56 Å². The normalized spacial score (nSPS) is 10.6. The maximum atomic E-state index is 12.2. The second-order valence-corrected chi connectivity index (χ2v) is 4.62. The van der Waals surface area contributed by atoms with Crippen molar-refractivity contribution in [3.63, 3.8) is 0 Å². The predicted octanol–water partition coefficient (Wildman–Crippen LogP) is 3.91. The number of carbonyl (C=O) groups is 1. The molecule has 0 radical (unpaired) electrons. The van der Waals surface area contributed by atoms with Gasteiger partial charge in [0.2, 0.25) is 0 Å². The fourth-order valence-corrected chi connectivity index (χ4v) is 2.02. The Bertz CT molecular complexity index is 672. The molecular weight excluding hydrogens is 264 g/mol. The first kappa shape index (κ1) is 14.9. The van der Waals surface area contributed by atoms with Crippen molar-refractivity contribution in [2.24, 2.45) is 0 Å². The molecule has 2 rings (SSSR count). The SMILES string of the molecule is COc1ccc(C(=O)/C=C/c2ccccc2C)cc1OC. The van der Waals surface area contributed by atoms with Crippen molar-refractivity contribution in [2.45, 2.75) is 6.92 Å². The number of hydrogen-bond donors (Lipinski definition) is 0. The summed E-state index contributed by atoms with van der Waals surface area (Å²) >= 11 is 0. The van der Waals surface area contributed by atoms with Gasteiger partial charge in [-0.3, -0.25) is 4.79 Å². The zero-order valence-corrected chi connectivity index (χ0v) is 12.4. The zero-order chi connectivity index (χ0) is 15.2. The third kappa shape index (κ3) is 3.51. The molecule has 108 valence electrons. The molecule has 0 aromatic heterocycles. The molecule has 0 spiro atoms. The molecule has 0 aliphatic carbocycles. The Balaban J connectivity index is 2.23. The topological polar surface area (TPSA) is 35.5 Å². The van der Waals surface area contributed by atoms with E-state index in [1.54, 1.807) is 38.5 Å². The van der Waals surface area contributed by atoms with Crippen molar-refractivity contribution in [1.29, 1.82) is 0 Å². The van der Waals surface area contributed by atoms with Gasteiger partial charge in [-0.2, -0.15) is 0 Å². The van der Waals surface area contributed by atoms with Crippen LogP contribution in [0.25, 0.3) is 6.08 Å². The minimum atomic E-state index is -0.0702. The number of methoxy groups -OCH3 is 2. The monoisotopic (exact) mass is 282 g/mol. The summed E-state index contributed by atoms with van der Waals surface area (Å²) in [5, 5.41) is 0. The van der Waals surface area contributed by atoms with E-state index >= 15 is 0 Å². The maximum absolute atomic E-state index is 12.2. The summed E-state index contributed by atoms with van der Waals surface area (Å²) in [4.78, 5) is 12.2. The lowest BCUT2D eigenvalue weighted by atomic mass is 10.1. The zero-order valence-electron chi connectivity index (χ0n) is 12.4. The molecule has 0 heterocycles. The number of carbonyl (C=O) groups excluding carboxylic acids is 1. The van der Waals surface area contributed by atoms with Crippen LogP contribution >= 0.6 is 0 Å². The Morgan fingerprint density at radius 2 is 1.71 bits per heavy atom. The van der Waals surface area contributed by atoms with E-state index in [-0.39, 0.29) is 5.78 Å². The van der Waals surface area contributed by atoms with E-state index in [2.05, 4.69) is 0 Å². The van der Waals surface area contributed by atoms with Crippen LogP contribution in [0.4, 0.5) is 0 Å². The Morgan fingerprint density at radius 1 is 1.00 bits per heavy atom. The Kier molecular flexibility index (Phi) is 4.77. The summed E-state index contributed by atoms with van der Waals surface area (Å²) in [6.45, 7) is 2.01. The van der Waals surface area contributed by atoms with Crippen LogP contribution in [0.15, 0.2) is 48.5 Å². The fraction of sp³-hybridized carbons (Fsp3) is 0.167. The molecule has 0 amide bonds. The minimum Gasteiger partial charge on any atom is -0.493 e. The smallest absolute Gasteiger partial charge is 0.185 e. The van der Waals surface area contributed by atoms with Crippen LogP contribution in [0.3, 0.4) is 0 Å². The molecule has 0 bridgehead atoms. The molecular formula is C18H18O3. The lowest BCUT2D eigenvalue weighted by Crippen LogP contribution is -1.97. The minimum absolute atomic E-state index is 0.0702. The average Bonchev–Trinajstić information content (AvgIpc) is 2.53. The lowest BCUT2D eigenvalue weighted by molar-refractivity contribution is 0.104. The van der Waals surface area contributed by atoms with E-state index in [0.717, 1.165) is 11.1 Å². The Morgan fingerprint density at radius 3 is 2.38 bits per heavy atom. The van der Waals surface area contributed by atoms with E-state index in [1.807, 2.05) is 37.3 Å². The number of benzene rings is 2. The standard InChI is InChI=1S/C18H18O3/c1-13-6-4-5-7-14(13)8-10-16(19)15-9-11-17(20-2)18(12-15)21-3/h4-12H,1-3H3/b10-8+. The van der Waals surface area contributed by atoms with Gasteiger partial charge in [-0.05, 0) is 42.3 Å². The number of hydrogen-bond acceptors (Lipinski definition) is 3. The highest BCUT2D eigenvalue weighted by atomic mass is 16.5. The van der Waals surface area contributed by atoms with Gasteiger partial charge in [-0.15, -0.1) is 0 Å². The van der Waals surface area contributed by atoms with Crippen molar-refractivity contribution in [2.75, 3.05) is 14.2 Å². The van der Waals surface area contributed by atoms with Crippen LogP contribution in [0.1, 0.15) is 21.5 Å². The van der Waals surface area contributed by atoms with Crippen LogP contribution in [-0.2, 0) is 0 Å². The van der Waals surface area contributed by atoms with Gasteiger partial charge in [0.15, 0.2) is 17.3 Å². The first-order valence-electron chi connectivity index (χ1n) is 6.65. The van der Waals surface area contributed by atoms with Gasteiger partial charge < -0.3 is 9.47 Å². The summed E-state index contributed by atoms with van der Waals surface area (Å²) < 4.78 is 10.4. The van der Waals surface area contributed by atoms with E-state index in [0.29, 0.717) is 17.1 Å². The van der Waals surface area contributed by atoms with Crippen molar-refractivity contribution in [3.8, 4) is 11.5 Å². The maximum Gasteiger partial charge on any atom is 0.185 e. The number of ketones is 1.